The largest absolute Gasteiger partial charge is 0.350 e. The molecule has 8 heteroatoms. The Labute approximate surface area is 174 Å². The summed E-state index contributed by atoms with van der Waals surface area (Å²) in [6.45, 7) is 4.46. The summed E-state index contributed by atoms with van der Waals surface area (Å²) in [7, 11) is 4.01. The Kier molecular flexibility index (Phi) is 6.46. The summed E-state index contributed by atoms with van der Waals surface area (Å²) in [6.07, 6.45) is 2.90. The number of anilines is 1. The minimum absolute atomic E-state index is 0.101. The van der Waals surface area contributed by atoms with Crippen molar-refractivity contribution in [2.45, 2.75) is 19.9 Å². The number of hydrogen-bond acceptors (Lipinski definition) is 5. The Morgan fingerprint density at radius 1 is 1.17 bits per heavy atom. The zero-order valence-electron chi connectivity index (χ0n) is 16.9. The van der Waals surface area contributed by atoms with Crippen LogP contribution in [0.3, 0.4) is 0 Å². The molecule has 3 N–H and O–H groups in total. The maximum atomic E-state index is 12.7. The summed E-state index contributed by atoms with van der Waals surface area (Å²) in [4.78, 5) is 35.0. The fourth-order valence-corrected chi connectivity index (χ4v) is 4.12. The minimum Gasteiger partial charge on any atom is -0.350 e. The van der Waals surface area contributed by atoms with E-state index < -0.39 is 0 Å². The van der Waals surface area contributed by atoms with Gasteiger partial charge in [0.15, 0.2) is 0 Å². The van der Waals surface area contributed by atoms with Crippen LogP contribution in [-0.2, 0) is 0 Å². The number of rotatable bonds is 7. The van der Waals surface area contributed by atoms with E-state index in [4.69, 9.17) is 0 Å². The number of carbonyl (C=O) groups excluding carboxylic acids is 2. The minimum atomic E-state index is -0.302. The zero-order chi connectivity index (χ0) is 21.0. The van der Waals surface area contributed by atoms with Crippen molar-refractivity contribution in [2.75, 3.05) is 26.0 Å². The number of nitrogens with zero attached hydrogens (tertiary/aromatic N) is 2. The number of thiophene rings is 1. The number of amides is 2. The van der Waals surface area contributed by atoms with Crippen LogP contribution in [0.25, 0.3) is 0 Å². The Bertz CT molecular complexity index is 994. The highest BCUT2D eigenvalue weighted by molar-refractivity contribution is 7.10. The topological polar surface area (TPSA) is 90.1 Å². The van der Waals surface area contributed by atoms with Gasteiger partial charge in [-0.1, -0.05) is 6.07 Å². The molecule has 2 heterocycles. The molecular weight excluding hydrogens is 386 g/mol. The molecule has 1 unspecified atom stereocenters. The quantitative estimate of drug-likeness (QED) is 0.556. The van der Waals surface area contributed by atoms with E-state index in [1.165, 1.54) is 23.0 Å². The van der Waals surface area contributed by atoms with Gasteiger partial charge in [-0.25, -0.2) is 4.98 Å². The number of H-pyrrole nitrogens is 1. The van der Waals surface area contributed by atoms with Crippen molar-refractivity contribution < 1.29 is 9.59 Å². The van der Waals surface area contributed by atoms with Crippen molar-refractivity contribution in [3.63, 3.8) is 0 Å². The van der Waals surface area contributed by atoms with E-state index in [-0.39, 0.29) is 17.9 Å². The van der Waals surface area contributed by atoms with Crippen LogP contribution >= 0.6 is 11.3 Å². The number of aromatic nitrogens is 2. The molecule has 0 saturated carbocycles. The fraction of sp³-hybridized carbons (Fsp3) is 0.286. The van der Waals surface area contributed by atoms with E-state index in [1.54, 1.807) is 23.5 Å². The number of benzene rings is 1. The summed E-state index contributed by atoms with van der Waals surface area (Å²) in [5.41, 5.74) is 3.54. The van der Waals surface area contributed by atoms with E-state index in [0.29, 0.717) is 23.5 Å². The van der Waals surface area contributed by atoms with Gasteiger partial charge in [-0.3, -0.25) is 9.59 Å². The van der Waals surface area contributed by atoms with Gasteiger partial charge < -0.3 is 20.5 Å². The molecule has 2 aromatic heterocycles. The third kappa shape index (κ3) is 4.90. The summed E-state index contributed by atoms with van der Waals surface area (Å²) in [5.74, 6) is -0.480. The van der Waals surface area contributed by atoms with Gasteiger partial charge in [0.05, 0.1) is 18.6 Å². The molecule has 0 aliphatic heterocycles. The first-order valence-electron chi connectivity index (χ1n) is 9.25. The van der Waals surface area contributed by atoms with Crippen LogP contribution in [-0.4, -0.2) is 47.3 Å². The monoisotopic (exact) mass is 411 g/mol. The van der Waals surface area contributed by atoms with E-state index >= 15 is 0 Å². The van der Waals surface area contributed by atoms with Crippen LogP contribution in [0.4, 0.5) is 5.69 Å². The Balaban J connectivity index is 1.70. The van der Waals surface area contributed by atoms with Crippen molar-refractivity contribution in [1.82, 2.24) is 20.2 Å². The summed E-state index contributed by atoms with van der Waals surface area (Å²) >= 11 is 1.69. The molecule has 1 atom stereocenters. The zero-order valence-corrected chi connectivity index (χ0v) is 17.8. The van der Waals surface area contributed by atoms with Crippen molar-refractivity contribution in [3.05, 3.63) is 69.4 Å². The second-order valence-electron chi connectivity index (χ2n) is 7.11. The Hall–Kier alpha value is -2.97. The Morgan fingerprint density at radius 3 is 2.59 bits per heavy atom. The first-order valence-corrected chi connectivity index (χ1v) is 10.1. The van der Waals surface area contributed by atoms with Crippen LogP contribution in [0.5, 0.6) is 0 Å². The van der Waals surface area contributed by atoms with Crippen LogP contribution in [0, 0.1) is 13.8 Å². The van der Waals surface area contributed by atoms with Gasteiger partial charge in [-0.2, -0.15) is 0 Å². The van der Waals surface area contributed by atoms with Crippen molar-refractivity contribution in [1.29, 1.82) is 0 Å². The second kappa shape index (κ2) is 9.02. The molecule has 3 rings (SSSR count). The number of aromatic amines is 1. The van der Waals surface area contributed by atoms with Crippen molar-refractivity contribution >= 4 is 28.8 Å². The van der Waals surface area contributed by atoms with Gasteiger partial charge in [0.2, 0.25) is 0 Å². The van der Waals surface area contributed by atoms with Gasteiger partial charge in [-0.15, -0.1) is 11.3 Å². The number of carbonyl (C=O) groups is 2. The van der Waals surface area contributed by atoms with Crippen LogP contribution in [0.15, 0.2) is 42.2 Å². The lowest BCUT2D eigenvalue weighted by molar-refractivity contribution is 0.0941. The lowest BCUT2D eigenvalue weighted by Gasteiger charge is -2.24. The molecular formula is C21H25N5O2S. The highest BCUT2D eigenvalue weighted by Gasteiger charge is 2.19. The molecule has 0 fully saturated rings. The molecule has 29 heavy (non-hydrogen) atoms. The molecule has 2 amide bonds. The standard InChI is InChI=1S/C21H25N5O2S/c1-13-5-6-15(9-16(13)25-21(28)17-10-22-12-24-17)20(27)23-11-18(26(3)4)19-14(2)7-8-29-19/h5-10,12,18H,11H2,1-4H3,(H,22,24)(H,23,27)(H,25,28). The lowest BCUT2D eigenvalue weighted by atomic mass is 10.1. The Morgan fingerprint density at radius 2 is 1.97 bits per heavy atom. The predicted molar refractivity (Wildman–Crippen MR) is 116 cm³/mol. The third-order valence-electron chi connectivity index (χ3n) is 4.77. The molecule has 7 nitrogen and oxygen atoms in total. The third-order valence-corrected chi connectivity index (χ3v) is 5.89. The molecule has 3 aromatic rings. The number of imidazole rings is 1. The van der Waals surface area contributed by atoms with E-state index in [9.17, 15) is 9.59 Å². The van der Waals surface area contributed by atoms with E-state index in [1.807, 2.05) is 27.1 Å². The number of aryl methyl sites for hydroxylation is 2. The smallest absolute Gasteiger partial charge is 0.273 e. The van der Waals surface area contributed by atoms with E-state index in [2.05, 4.69) is 43.9 Å². The molecule has 0 bridgehead atoms. The summed E-state index contributed by atoms with van der Waals surface area (Å²) < 4.78 is 0. The maximum Gasteiger partial charge on any atom is 0.273 e. The average molecular weight is 412 g/mol. The van der Waals surface area contributed by atoms with Gasteiger partial charge in [0, 0.05) is 22.7 Å². The number of likely N-dealkylation sites (N-methyl/N-ethyl adjacent to an activating group) is 1. The highest BCUT2D eigenvalue weighted by Crippen LogP contribution is 2.27. The fourth-order valence-electron chi connectivity index (χ4n) is 2.99. The SMILES string of the molecule is Cc1ccc(C(=O)NCC(c2sccc2C)N(C)C)cc1NC(=O)c1cnc[nH]1. The molecule has 0 aliphatic rings. The number of hydrogen-bond donors (Lipinski definition) is 3. The molecule has 152 valence electrons. The van der Waals surface area contributed by atoms with E-state index in [0.717, 1.165) is 5.56 Å². The second-order valence-corrected chi connectivity index (χ2v) is 8.05. The van der Waals surface area contributed by atoms with Crippen LogP contribution < -0.4 is 10.6 Å². The predicted octanol–water partition coefficient (Wildman–Crippen LogP) is 3.37. The van der Waals surface area contributed by atoms with Gasteiger partial charge >= 0.3 is 0 Å². The van der Waals surface area contributed by atoms with Gasteiger partial charge in [0.1, 0.15) is 5.69 Å². The summed E-state index contributed by atoms with van der Waals surface area (Å²) in [6, 6.07) is 7.47. The molecule has 1 aromatic carbocycles. The van der Waals surface area contributed by atoms with Gasteiger partial charge in [0.25, 0.3) is 11.8 Å². The normalized spacial score (nSPS) is 12.0. The van der Waals surface area contributed by atoms with Crippen molar-refractivity contribution in [2.24, 2.45) is 0 Å². The van der Waals surface area contributed by atoms with Crippen LogP contribution in [0.2, 0.25) is 0 Å². The average Bonchev–Trinajstić information content (AvgIpc) is 3.35. The van der Waals surface area contributed by atoms with Crippen molar-refractivity contribution in [3.8, 4) is 0 Å². The molecule has 0 aliphatic carbocycles. The molecule has 0 spiro atoms. The number of nitrogens with one attached hydrogen (secondary N) is 3. The van der Waals surface area contributed by atoms with Gasteiger partial charge in [-0.05, 0) is 62.6 Å². The maximum absolute atomic E-state index is 12.7. The lowest BCUT2D eigenvalue weighted by Crippen LogP contribution is -2.34. The van der Waals surface area contributed by atoms with Crippen LogP contribution in [0.1, 0.15) is 42.9 Å². The molecule has 0 saturated heterocycles. The summed E-state index contributed by atoms with van der Waals surface area (Å²) in [5, 5.41) is 7.91. The first kappa shape index (κ1) is 20.8. The molecule has 0 radical (unpaired) electrons. The highest BCUT2D eigenvalue weighted by atomic mass is 32.1. The first-order chi connectivity index (χ1) is 13.9.